The number of rotatable bonds is 4. The van der Waals surface area contributed by atoms with E-state index in [1.165, 1.54) is 0 Å². The molecule has 0 saturated heterocycles. The highest BCUT2D eigenvalue weighted by atomic mass is 19.3. The maximum atomic E-state index is 12.6. The van der Waals surface area contributed by atoms with Crippen LogP contribution in [0, 0.1) is 10.1 Å². The predicted molar refractivity (Wildman–Crippen MR) is 53.7 cm³/mol. The predicted octanol–water partition coefficient (Wildman–Crippen LogP) is 1.72. The van der Waals surface area contributed by atoms with Gasteiger partial charge in [-0.2, -0.15) is 0 Å². The molecule has 0 spiro atoms. The molecule has 0 aliphatic carbocycles. The monoisotopic (exact) mass is 262 g/mol. The third-order valence-electron chi connectivity index (χ3n) is 2.00. The summed E-state index contributed by atoms with van der Waals surface area (Å²) in [4.78, 5) is 24.0. The Morgan fingerprint density at radius 3 is 2.50 bits per heavy atom. The third kappa shape index (κ3) is 2.50. The molecule has 0 atom stereocenters. The van der Waals surface area contributed by atoms with E-state index in [1.807, 2.05) is 0 Å². The van der Waals surface area contributed by atoms with Crippen molar-refractivity contribution in [3.8, 4) is 5.75 Å². The van der Waals surface area contributed by atoms with Gasteiger partial charge in [-0.15, -0.1) is 0 Å². The van der Waals surface area contributed by atoms with Crippen molar-refractivity contribution < 1.29 is 28.0 Å². The van der Waals surface area contributed by atoms with Gasteiger partial charge in [0.2, 0.25) is 0 Å². The lowest BCUT2D eigenvalue weighted by atomic mass is 10.2. The first-order valence-electron chi connectivity index (χ1n) is 4.52. The van der Waals surface area contributed by atoms with Crippen molar-refractivity contribution >= 4 is 11.8 Å². The van der Waals surface area contributed by atoms with Crippen LogP contribution < -0.4 is 4.74 Å². The van der Waals surface area contributed by atoms with Crippen molar-refractivity contribution in [2.75, 3.05) is 14.2 Å². The molecule has 98 valence electrons. The smallest absolute Gasteiger partial charge is 0.378 e. The van der Waals surface area contributed by atoms with Gasteiger partial charge in [-0.1, -0.05) is 0 Å². The summed E-state index contributed by atoms with van der Waals surface area (Å²) >= 11 is 0. The molecular weight excluding hydrogens is 254 g/mol. The Hall–Kier alpha value is -2.32. The first-order chi connectivity index (χ1) is 8.42. The summed E-state index contributed by atoms with van der Waals surface area (Å²) in [6.45, 7) is 0. The molecule has 0 N–H and O–H groups in total. The molecule has 9 heteroatoms. The number of aromatic nitrogens is 1. The summed E-state index contributed by atoms with van der Waals surface area (Å²) in [5.74, 6) is -2.48. The number of pyridine rings is 1. The van der Waals surface area contributed by atoms with Crippen LogP contribution in [0.4, 0.5) is 14.6 Å². The van der Waals surface area contributed by atoms with Gasteiger partial charge in [-0.25, -0.2) is 13.6 Å². The zero-order chi connectivity index (χ0) is 13.9. The topological polar surface area (TPSA) is 91.6 Å². The summed E-state index contributed by atoms with van der Waals surface area (Å²) in [6.07, 6.45) is -3.06. The number of methoxy groups -OCH3 is 2. The first kappa shape index (κ1) is 13.7. The molecule has 1 aromatic heterocycles. The maximum Gasteiger partial charge on any atom is 0.378 e. The van der Waals surface area contributed by atoms with Crippen molar-refractivity contribution in [3.63, 3.8) is 0 Å². The average Bonchev–Trinajstić information content (AvgIpc) is 2.35. The van der Waals surface area contributed by atoms with E-state index in [9.17, 15) is 23.7 Å². The SMILES string of the molecule is COC(=O)c1cc(OC)c(C(F)F)nc1[N+](=O)[O-]. The van der Waals surface area contributed by atoms with Crippen LogP contribution in [0.15, 0.2) is 6.07 Å². The standard InChI is InChI=1S/C9H8F2N2O5/c1-17-5-3-4(9(14)18-2)8(13(15)16)12-6(5)7(10)11/h3,7H,1-2H3. The number of hydrogen-bond donors (Lipinski definition) is 0. The molecule has 18 heavy (non-hydrogen) atoms. The second-order valence-electron chi connectivity index (χ2n) is 3.00. The van der Waals surface area contributed by atoms with Gasteiger partial charge in [-0.3, -0.25) is 0 Å². The molecule has 0 aromatic carbocycles. The van der Waals surface area contributed by atoms with Crippen LogP contribution in [-0.4, -0.2) is 30.1 Å². The number of carbonyl (C=O) groups is 1. The second kappa shape index (κ2) is 5.34. The van der Waals surface area contributed by atoms with Gasteiger partial charge in [-0.05, 0) is 9.91 Å². The molecule has 0 aliphatic heterocycles. The van der Waals surface area contributed by atoms with E-state index in [2.05, 4.69) is 14.5 Å². The molecule has 0 unspecified atom stereocenters. The van der Waals surface area contributed by atoms with E-state index >= 15 is 0 Å². The van der Waals surface area contributed by atoms with E-state index in [4.69, 9.17) is 0 Å². The molecule has 0 radical (unpaired) electrons. The molecule has 0 saturated carbocycles. The minimum atomic E-state index is -3.06. The van der Waals surface area contributed by atoms with Crippen LogP contribution in [0.25, 0.3) is 0 Å². The normalized spacial score (nSPS) is 10.3. The molecule has 0 amide bonds. The van der Waals surface area contributed by atoms with Gasteiger partial charge in [0.1, 0.15) is 0 Å². The molecule has 1 aromatic rings. The lowest BCUT2D eigenvalue weighted by Gasteiger charge is -2.06. The van der Waals surface area contributed by atoms with Gasteiger partial charge in [0.05, 0.1) is 14.2 Å². The molecule has 7 nitrogen and oxygen atoms in total. The van der Waals surface area contributed by atoms with Crippen LogP contribution in [0.1, 0.15) is 22.5 Å². The van der Waals surface area contributed by atoms with Crippen molar-refractivity contribution in [1.82, 2.24) is 4.98 Å². The van der Waals surface area contributed by atoms with Crippen LogP contribution in [0.5, 0.6) is 5.75 Å². The summed E-state index contributed by atoms with van der Waals surface area (Å²) < 4.78 is 34.1. The van der Waals surface area contributed by atoms with Crippen LogP contribution >= 0.6 is 0 Å². The molecule has 1 rings (SSSR count). The first-order valence-corrected chi connectivity index (χ1v) is 4.52. The minimum absolute atomic E-state index is 0.420. The molecular formula is C9H8F2N2O5. The molecule has 0 bridgehead atoms. The fourth-order valence-electron chi connectivity index (χ4n) is 1.22. The van der Waals surface area contributed by atoms with E-state index in [-0.39, 0.29) is 0 Å². The lowest BCUT2D eigenvalue weighted by Crippen LogP contribution is -2.10. The van der Waals surface area contributed by atoms with E-state index < -0.39 is 40.1 Å². The van der Waals surface area contributed by atoms with Crippen molar-refractivity contribution in [1.29, 1.82) is 0 Å². The van der Waals surface area contributed by atoms with Gasteiger partial charge in [0, 0.05) is 6.07 Å². The molecule has 0 aliphatic rings. The van der Waals surface area contributed by atoms with E-state index in [1.54, 1.807) is 0 Å². The number of nitrogens with zero attached hydrogens (tertiary/aromatic N) is 2. The Bertz CT molecular complexity index is 492. The molecule has 0 fully saturated rings. The quantitative estimate of drug-likeness (QED) is 0.466. The summed E-state index contributed by atoms with van der Waals surface area (Å²) in [5.41, 5.74) is -1.46. The van der Waals surface area contributed by atoms with Gasteiger partial charge in [0.25, 0.3) is 5.69 Å². The average molecular weight is 262 g/mol. The Kier molecular flexibility index (Phi) is 4.08. The third-order valence-corrected chi connectivity index (χ3v) is 2.00. The fourth-order valence-corrected chi connectivity index (χ4v) is 1.22. The zero-order valence-corrected chi connectivity index (χ0v) is 9.35. The van der Waals surface area contributed by atoms with Crippen molar-refractivity contribution in [3.05, 3.63) is 27.4 Å². The number of carbonyl (C=O) groups excluding carboxylic acids is 1. The Balaban J connectivity index is 3.51. The second-order valence-corrected chi connectivity index (χ2v) is 3.00. The van der Waals surface area contributed by atoms with Crippen molar-refractivity contribution in [2.45, 2.75) is 6.43 Å². The summed E-state index contributed by atoms with van der Waals surface area (Å²) in [5, 5.41) is 10.7. The fraction of sp³-hybridized carbons (Fsp3) is 0.333. The highest BCUT2D eigenvalue weighted by molar-refractivity contribution is 5.93. The Morgan fingerprint density at radius 2 is 2.11 bits per heavy atom. The number of nitro groups is 1. The van der Waals surface area contributed by atoms with E-state index in [0.717, 1.165) is 20.3 Å². The molecule has 1 heterocycles. The maximum absolute atomic E-state index is 12.6. The van der Waals surface area contributed by atoms with Gasteiger partial charge in [0.15, 0.2) is 11.3 Å². The van der Waals surface area contributed by atoms with Crippen LogP contribution in [0.3, 0.4) is 0 Å². The van der Waals surface area contributed by atoms with Crippen LogP contribution in [-0.2, 0) is 4.74 Å². The highest BCUT2D eigenvalue weighted by Gasteiger charge is 2.31. The number of alkyl halides is 2. The van der Waals surface area contributed by atoms with E-state index in [0.29, 0.717) is 0 Å². The number of ether oxygens (including phenoxy) is 2. The largest absolute Gasteiger partial charge is 0.492 e. The number of halogens is 2. The minimum Gasteiger partial charge on any atom is -0.492 e. The Labute approximate surface area is 99.5 Å². The lowest BCUT2D eigenvalue weighted by molar-refractivity contribution is -0.390. The van der Waals surface area contributed by atoms with Crippen molar-refractivity contribution in [2.24, 2.45) is 0 Å². The zero-order valence-electron chi connectivity index (χ0n) is 9.35. The number of hydrogen-bond acceptors (Lipinski definition) is 6. The van der Waals surface area contributed by atoms with Crippen LogP contribution in [0.2, 0.25) is 0 Å². The highest BCUT2D eigenvalue weighted by Crippen LogP contribution is 2.32. The number of esters is 1. The Morgan fingerprint density at radius 1 is 1.50 bits per heavy atom. The van der Waals surface area contributed by atoms with Gasteiger partial charge < -0.3 is 19.6 Å². The summed E-state index contributed by atoms with van der Waals surface area (Å²) in [7, 11) is 2.08. The van der Waals surface area contributed by atoms with Gasteiger partial charge >= 0.3 is 18.2 Å². The summed E-state index contributed by atoms with van der Waals surface area (Å²) in [6, 6.07) is 0.804.